The van der Waals surface area contributed by atoms with Crippen LogP contribution in [0.3, 0.4) is 0 Å². The molecule has 10 nitrogen and oxygen atoms in total. The fraction of sp³-hybridized carbons (Fsp3) is 0.643. The van der Waals surface area contributed by atoms with Crippen LogP contribution in [-0.2, 0) is 19.1 Å². The van der Waals surface area contributed by atoms with E-state index in [1.165, 1.54) is 0 Å². The normalized spacial score (nSPS) is 20.5. The molecule has 1 aliphatic heterocycles. The van der Waals surface area contributed by atoms with E-state index in [1.54, 1.807) is 13.8 Å². The van der Waals surface area contributed by atoms with Crippen molar-refractivity contribution in [3.63, 3.8) is 0 Å². The van der Waals surface area contributed by atoms with Gasteiger partial charge >= 0.3 is 17.9 Å². The lowest BCUT2D eigenvalue weighted by Gasteiger charge is -2.16. The molecule has 0 amide bonds. The Labute approximate surface area is 137 Å². The van der Waals surface area contributed by atoms with Gasteiger partial charge in [0.1, 0.15) is 6.10 Å². The monoisotopic (exact) mass is 350 g/mol. The standard InChI is InChI=1S/C8H14O4.C6H8O6/c1-3-5(7(9)10)6(4-2)8(11)12;7-1-2(8)5-3(9)4(10)6(11)12-5/h5-6H,3-4H2,1-2H3,(H,9,10)(H,11,12);2,5,7-10H,1H2/t;2-,5+/m.0/s1. The van der Waals surface area contributed by atoms with E-state index in [0.717, 1.165) is 0 Å². The number of cyclic esters (lactones) is 1. The van der Waals surface area contributed by atoms with Gasteiger partial charge in [-0.25, -0.2) is 4.79 Å². The Morgan fingerprint density at radius 2 is 1.50 bits per heavy atom. The van der Waals surface area contributed by atoms with Crippen LogP contribution in [0.5, 0.6) is 0 Å². The van der Waals surface area contributed by atoms with Crippen LogP contribution in [0.15, 0.2) is 11.5 Å². The minimum atomic E-state index is -1.42. The van der Waals surface area contributed by atoms with E-state index >= 15 is 0 Å². The SMILES string of the molecule is CCC(C(=O)O)C(CC)C(=O)O.O=C1O[C@H]([C@@H](O)CO)C(O)=C1O. The molecule has 0 radical (unpaired) electrons. The van der Waals surface area contributed by atoms with Crippen LogP contribution in [0.4, 0.5) is 0 Å². The molecule has 2 unspecified atom stereocenters. The van der Waals surface area contributed by atoms with Crippen molar-refractivity contribution in [1.82, 2.24) is 0 Å². The maximum Gasteiger partial charge on any atom is 0.377 e. The largest absolute Gasteiger partial charge is 0.505 e. The van der Waals surface area contributed by atoms with Gasteiger partial charge in [0.2, 0.25) is 5.76 Å². The molecule has 4 atom stereocenters. The van der Waals surface area contributed by atoms with E-state index in [9.17, 15) is 14.4 Å². The molecule has 6 N–H and O–H groups in total. The van der Waals surface area contributed by atoms with Gasteiger partial charge in [-0.1, -0.05) is 13.8 Å². The lowest BCUT2D eigenvalue weighted by atomic mass is 9.88. The fourth-order valence-electron chi connectivity index (χ4n) is 2.09. The first-order valence-electron chi connectivity index (χ1n) is 7.19. The highest BCUT2D eigenvalue weighted by atomic mass is 16.6. The highest BCUT2D eigenvalue weighted by molar-refractivity contribution is 5.89. The van der Waals surface area contributed by atoms with Crippen LogP contribution in [0.2, 0.25) is 0 Å². The number of aliphatic carboxylic acids is 2. The van der Waals surface area contributed by atoms with E-state index < -0.39 is 60.1 Å². The van der Waals surface area contributed by atoms with Crippen molar-refractivity contribution in [2.45, 2.75) is 38.9 Å². The van der Waals surface area contributed by atoms with E-state index in [-0.39, 0.29) is 0 Å². The lowest BCUT2D eigenvalue weighted by Crippen LogP contribution is -2.31. The Kier molecular flexibility index (Phi) is 8.78. The number of carboxylic acid groups (broad SMARTS) is 2. The molecule has 138 valence electrons. The summed E-state index contributed by atoms with van der Waals surface area (Å²) in [6, 6.07) is 0. The predicted molar refractivity (Wildman–Crippen MR) is 78.1 cm³/mol. The second-order valence-electron chi connectivity index (χ2n) is 5.02. The van der Waals surface area contributed by atoms with Crippen LogP contribution >= 0.6 is 0 Å². The van der Waals surface area contributed by atoms with Crippen LogP contribution in [-0.4, -0.2) is 67.4 Å². The van der Waals surface area contributed by atoms with E-state index in [2.05, 4.69) is 4.74 Å². The third-order valence-electron chi connectivity index (χ3n) is 3.48. The fourth-order valence-corrected chi connectivity index (χ4v) is 2.09. The van der Waals surface area contributed by atoms with Gasteiger partial charge in [0.05, 0.1) is 18.4 Å². The highest BCUT2D eigenvalue weighted by Crippen LogP contribution is 2.21. The zero-order valence-corrected chi connectivity index (χ0v) is 13.2. The Balaban J connectivity index is 0.000000441. The van der Waals surface area contributed by atoms with Crippen molar-refractivity contribution in [3.05, 3.63) is 11.5 Å². The van der Waals surface area contributed by atoms with Crippen molar-refractivity contribution >= 4 is 17.9 Å². The number of carbonyl (C=O) groups excluding carboxylic acids is 1. The first-order chi connectivity index (χ1) is 11.1. The molecule has 0 bridgehead atoms. The summed E-state index contributed by atoms with van der Waals surface area (Å²) in [4.78, 5) is 31.7. The molecule has 1 rings (SSSR count). The molecule has 0 saturated carbocycles. The first-order valence-corrected chi connectivity index (χ1v) is 7.19. The van der Waals surface area contributed by atoms with Crippen LogP contribution in [0.25, 0.3) is 0 Å². The number of ether oxygens (including phenoxy) is 1. The molecule has 1 aliphatic rings. The summed E-state index contributed by atoms with van der Waals surface area (Å²) in [5, 5.41) is 52.4. The van der Waals surface area contributed by atoms with E-state index in [1.807, 2.05) is 0 Å². The van der Waals surface area contributed by atoms with Gasteiger partial charge in [-0.05, 0) is 12.8 Å². The summed E-state index contributed by atoms with van der Waals surface area (Å²) >= 11 is 0. The number of esters is 1. The summed E-state index contributed by atoms with van der Waals surface area (Å²) < 4.78 is 4.32. The summed E-state index contributed by atoms with van der Waals surface area (Å²) in [6.07, 6.45) is -2.05. The molecule has 0 spiro atoms. The molecule has 0 aromatic rings. The molecule has 24 heavy (non-hydrogen) atoms. The maximum atomic E-state index is 10.6. The van der Waals surface area contributed by atoms with Crippen molar-refractivity contribution < 1.29 is 49.8 Å². The summed E-state index contributed by atoms with van der Waals surface area (Å²) in [5.41, 5.74) is 0. The number of aliphatic hydroxyl groups is 4. The van der Waals surface area contributed by atoms with Crippen molar-refractivity contribution in [3.8, 4) is 0 Å². The predicted octanol–water partition coefficient (Wildman–Crippen LogP) is -0.199. The average molecular weight is 350 g/mol. The number of hydrogen-bond donors (Lipinski definition) is 6. The molecule has 0 saturated heterocycles. The van der Waals surface area contributed by atoms with Crippen LogP contribution in [0, 0.1) is 11.8 Å². The summed E-state index contributed by atoms with van der Waals surface area (Å²) in [7, 11) is 0. The number of carboxylic acids is 2. The first kappa shape index (κ1) is 21.7. The average Bonchev–Trinajstić information content (AvgIpc) is 2.79. The number of rotatable bonds is 7. The van der Waals surface area contributed by atoms with Crippen LogP contribution < -0.4 is 0 Å². The molecule has 0 aromatic carbocycles. The van der Waals surface area contributed by atoms with Crippen molar-refractivity contribution in [2.75, 3.05) is 6.61 Å². The minimum absolute atomic E-state index is 0.361. The number of hydrogen-bond acceptors (Lipinski definition) is 8. The van der Waals surface area contributed by atoms with E-state index in [0.29, 0.717) is 12.8 Å². The number of aliphatic hydroxyl groups excluding tert-OH is 4. The smallest absolute Gasteiger partial charge is 0.377 e. The van der Waals surface area contributed by atoms with Gasteiger partial charge in [0.15, 0.2) is 11.9 Å². The van der Waals surface area contributed by atoms with Gasteiger partial charge in [-0.3, -0.25) is 9.59 Å². The molecule has 0 aromatic heterocycles. The summed E-state index contributed by atoms with van der Waals surface area (Å²) in [6.45, 7) is 2.70. The molecule has 1 heterocycles. The Morgan fingerprint density at radius 1 is 1.08 bits per heavy atom. The molecular formula is C14H22O10. The molecule has 0 fully saturated rings. The Bertz CT molecular complexity index is 478. The quantitative estimate of drug-likeness (QED) is 0.336. The zero-order chi connectivity index (χ0) is 19.0. The third-order valence-corrected chi connectivity index (χ3v) is 3.48. The molecular weight excluding hydrogens is 328 g/mol. The van der Waals surface area contributed by atoms with Gasteiger partial charge in [0, 0.05) is 0 Å². The van der Waals surface area contributed by atoms with Crippen molar-refractivity contribution in [1.29, 1.82) is 0 Å². The van der Waals surface area contributed by atoms with Crippen LogP contribution in [0.1, 0.15) is 26.7 Å². The Hall–Kier alpha value is -2.33. The minimum Gasteiger partial charge on any atom is -0.505 e. The van der Waals surface area contributed by atoms with Gasteiger partial charge in [-0.2, -0.15) is 0 Å². The summed E-state index contributed by atoms with van der Waals surface area (Å²) in [5.74, 6) is -6.34. The van der Waals surface area contributed by atoms with E-state index in [4.69, 9.17) is 30.6 Å². The van der Waals surface area contributed by atoms with Gasteiger partial charge in [0.25, 0.3) is 0 Å². The molecule has 0 aliphatic carbocycles. The lowest BCUT2D eigenvalue weighted by molar-refractivity contribution is -0.154. The second kappa shape index (κ2) is 9.73. The highest BCUT2D eigenvalue weighted by Gasteiger charge is 2.38. The van der Waals surface area contributed by atoms with Crippen molar-refractivity contribution in [2.24, 2.45) is 11.8 Å². The Morgan fingerprint density at radius 3 is 1.71 bits per heavy atom. The maximum absolute atomic E-state index is 10.6. The topological polar surface area (TPSA) is 182 Å². The zero-order valence-electron chi connectivity index (χ0n) is 13.2. The third kappa shape index (κ3) is 5.39. The second-order valence-corrected chi connectivity index (χ2v) is 5.02. The van der Waals surface area contributed by atoms with Gasteiger partial charge < -0.3 is 35.4 Å². The number of carbonyl (C=O) groups is 3. The molecule has 10 heteroatoms. The van der Waals surface area contributed by atoms with Gasteiger partial charge in [-0.15, -0.1) is 0 Å².